The van der Waals surface area contributed by atoms with E-state index in [4.69, 9.17) is 16.3 Å². The van der Waals surface area contributed by atoms with Gasteiger partial charge in [0.1, 0.15) is 12.4 Å². The molecular formula is C15H19ClO2. The van der Waals surface area contributed by atoms with Gasteiger partial charge in [0.15, 0.2) is 5.78 Å². The van der Waals surface area contributed by atoms with Gasteiger partial charge >= 0.3 is 0 Å². The molecule has 1 aliphatic carbocycles. The fraction of sp³-hybridized carbons (Fsp3) is 0.533. The van der Waals surface area contributed by atoms with Crippen LogP contribution < -0.4 is 4.74 Å². The van der Waals surface area contributed by atoms with Gasteiger partial charge in [-0.2, -0.15) is 0 Å². The van der Waals surface area contributed by atoms with Crippen LogP contribution in [0.25, 0.3) is 0 Å². The zero-order valence-corrected chi connectivity index (χ0v) is 11.5. The summed E-state index contributed by atoms with van der Waals surface area (Å²) in [4.78, 5) is 12.0. The summed E-state index contributed by atoms with van der Waals surface area (Å²) in [5, 5.41) is 0.676. The third kappa shape index (κ3) is 3.74. The summed E-state index contributed by atoms with van der Waals surface area (Å²) in [6.07, 6.45) is 4.36. The summed E-state index contributed by atoms with van der Waals surface area (Å²) in [5.74, 6) is 1.91. The Morgan fingerprint density at radius 3 is 2.44 bits per heavy atom. The van der Waals surface area contributed by atoms with E-state index in [1.165, 1.54) is 0 Å². The molecule has 1 aromatic rings. The van der Waals surface area contributed by atoms with Crippen LogP contribution in [0.4, 0.5) is 0 Å². The number of halogens is 1. The maximum atomic E-state index is 12.0. The normalized spacial score (nSPS) is 23.7. The lowest BCUT2D eigenvalue weighted by Gasteiger charge is -2.24. The average molecular weight is 267 g/mol. The molecule has 2 rings (SSSR count). The Kier molecular flexibility index (Phi) is 4.65. The molecule has 1 saturated carbocycles. The molecule has 0 saturated heterocycles. The van der Waals surface area contributed by atoms with Crippen LogP contribution in [-0.4, -0.2) is 12.4 Å². The van der Waals surface area contributed by atoms with Gasteiger partial charge in [-0.25, -0.2) is 0 Å². The van der Waals surface area contributed by atoms with Crippen LogP contribution in [0, 0.1) is 11.8 Å². The molecule has 0 bridgehead atoms. The minimum absolute atomic E-state index is 0.181. The Labute approximate surface area is 113 Å². The molecule has 18 heavy (non-hydrogen) atoms. The number of rotatable bonds is 4. The quantitative estimate of drug-likeness (QED) is 0.820. The van der Waals surface area contributed by atoms with Crippen LogP contribution in [0.1, 0.15) is 32.6 Å². The van der Waals surface area contributed by atoms with E-state index in [0.717, 1.165) is 31.6 Å². The number of carbonyl (C=O) groups excluding carboxylic acids is 1. The lowest BCUT2D eigenvalue weighted by atomic mass is 9.81. The molecule has 0 aliphatic heterocycles. The molecule has 0 aromatic heterocycles. The number of ketones is 1. The molecule has 0 atom stereocenters. The summed E-state index contributed by atoms with van der Waals surface area (Å²) < 4.78 is 5.49. The first-order valence-electron chi connectivity index (χ1n) is 6.56. The van der Waals surface area contributed by atoms with Crippen LogP contribution in [0.3, 0.4) is 0 Å². The van der Waals surface area contributed by atoms with Crippen molar-refractivity contribution < 1.29 is 9.53 Å². The van der Waals surface area contributed by atoms with E-state index in [1.807, 2.05) is 0 Å². The number of hydrogen-bond donors (Lipinski definition) is 0. The monoisotopic (exact) mass is 266 g/mol. The van der Waals surface area contributed by atoms with Crippen molar-refractivity contribution >= 4 is 17.4 Å². The number of Topliss-reactive ketones (excluding diaryl/α,β-unsaturated/α-hetero) is 1. The molecule has 1 fully saturated rings. The molecule has 2 nitrogen and oxygen atoms in total. The second kappa shape index (κ2) is 6.24. The molecule has 0 spiro atoms. The van der Waals surface area contributed by atoms with E-state index in [2.05, 4.69) is 6.92 Å². The predicted octanol–water partition coefficient (Wildman–Crippen LogP) is 4.11. The van der Waals surface area contributed by atoms with Crippen LogP contribution >= 0.6 is 11.6 Å². The van der Waals surface area contributed by atoms with Crippen molar-refractivity contribution in [1.82, 2.24) is 0 Å². The molecule has 0 radical (unpaired) electrons. The Morgan fingerprint density at radius 1 is 1.22 bits per heavy atom. The highest BCUT2D eigenvalue weighted by atomic mass is 35.5. The fourth-order valence-electron chi connectivity index (χ4n) is 2.39. The Hall–Kier alpha value is -1.02. The molecule has 0 unspecified atom stereocenters. The molecule has 1 aliphatic rings. The second-order valence-corrected chi connectivity index (χ2v) is 5.60. The zero-order chi connectivity index (χ0) is 13.0. The maximum absolute atomic E-state index is 12.0. The summed E-state index contributed by atoms with van der Waals surface area (Å²) in [6.45, 7) is 2.44. The highest BCUT2D eigenvalue weighted by Crippen LogP contribution is 2.29. The molecule has 3 heteroatoms. The first-order valence-corrected chi connectivity index (χ1v) is 6.94. The van der Waals surface area contributed by atoms with E-state index < -0.39 is 0 Å². The van der Waals surface area contributed by atoms with Crippen LogP contribution in [0.5, 0.6) is 5.75 Å². The minimum atomic E-state index is 0.181. The van der Waals surface area contributed by atoms with Crippen LogP contribution in [0.2, 0.25) is 5.02 Å². The SMILES string of the molecule is CC1CCC(C(=O)COc2ccc(Cl)cc2)CC1. The van der Waals surface area contributed by atoms with E-state index >= 15 is 0 Å². The van der Waals surface area contributed by atoms with Gasteiger partial charge in [-0.15, -0.1) is 0 Å². The number of carbonyl (C=O) groups is 1. The van der Waals surface area contributed by atoms with Gasteiger partial charge in [-0.05, 0) is 43.0 Å². The Bertz CT molecular complexity index is 391. The highest BCUT2D eigenvalue weighted by Gasteiger charge is 2.24. The third-order valence-electron chi connectivity index (χ3n) is 3.67. The molecule has 0 amide bonds. The van der Waals surface area contributed by atoms with Crippen molar-refractivity contribution in [2.45, 2.75) is 32.6 Å². The first-order chi connectivity index (χ1) is 8.65. The number of hydrogen-bond acceptors (Lipinski definition) is 2. The van der Waals surface area contributed by atoms with Crippen molar-refractivity contribution in [2.75, 3.05) is 6.61 Å². The van der Waals surface area contributed by atoms with E-state index in [0.29, 0.717) is 10.8 Å². The topological polar surface area (TPSA) is 26.3 Å². The van der Waals surface area contributed by atoms with Gasteiger partial charge in [0.2, 0.25) is 0 Å². The Balaban J connectivity index is 1.79. The summed E-state index contributed by atoms with van der Waals surface area (Å²) in [5.41, 5.74) is 0. The number of benzene rings is 1. The smallest absolute Gasteiger partial charge is 0.173 e. The lowest BCUT2D eigenvalue weighted by Crippen LogP contribution is -2.25. The van der Waals surface area contributed by atoms with Crippen LogP contribution in [0.15, 0.2) is 24.3 Å². The van der Waals surface area contributed by atoms with Gasteiger partial charge in [-0.1, -0.05) is 31.4 Å². The first kappa shape index (κ1) is 13.4. The van der Waals surface area contributed by atoms with Gasteiger partial charge in [0.25, 0.3) is 0 Å². The highest BCUT2D eigenvalue weighted by molar-refractivity contribution is 6.30. The van der Waals surface area contributed by atoms with Gasteiger partial charge in [0.05, 0.1) is 0 Å². The van der Waals surface area contributed by atoms with Crippen molar-refractivity contribution in [1.29, 1.82) is 0 Å². The average Bonchev–Trinajstić information content (AvgIpc) is 2.38. The van der Waals surface area contributed by atoms with Crippen molar-refractivity contribution in [2.24, 2.45) is 11.8 Å². The van der Waals surface area contributed by atoms with E-state index in [-0.39, 0.29) is 18.3 Å². The summed E-state index contributed by atoms with van der Waals surface area (Å²) in [7, 11) is 0. The fourth-order valence-corrected chi connectivity index (χ4v) is 2.51. The largest absolute Gasteiger partial charge is 0.486 e. The van der Waals surface area contributed by atoms with Gasteiger partial charge in [-0.3, -0.25) is 4.79 Å². The molecular weight excluding hydrogens is 248 g/mol. The van der Waals surface area contributed by atoms with Crippen molar-refractivity contribution in [3.8, 4) is 5.75 Å². The van der Waals surface area contributed by atoms with E-state index in [1.54, 1.807) is 24.3 Å². The molecule has 0 N–H and O–H groups in total. The second-order valence-electron chi connectivity index (χ2n) is 5.17. The van der Waals surface area contributed by atoms with Crippen molar-refractivity contribution in [3.63, 3.8) is 0 Å². The standard InChI is InChI=1S/C15H19ClO2/c1-11-2-4-12(5-3-11)15(17)10-18-14-8-6-13(16)7-9-14/h6-9,11-12H,2-5,10H2,1H3. The lowest BCUT2D eigenvalue weighted by molar-refractivity contribution is -0.126. The predicted molar refractivity (Wildman–Crippen MR) is 73.1 cm³/mol. The van der Waals surface area contributed by atoms with Gasteiger partial charge in [0, 0.05) is 10.9 Å². The van der Waals surface area contributed by atoms with Crippen molar-refractivity contribution in [3.05, 3.63) is 29.3 Å². The number of ether oxygens (including phenoxy) is 1. The molecule has 0 heterocycles. The minimum Gasteiger partial charge on any atom is -0.486 e. The Morgan fingerprint density at radius 2 is 1.83 bits per heavy atom. The molecule has 1 aromatic carbocycles. The zero-order valence-electron chi connectivity index (χ0n) is 10.7. The van der Waals surface area contributed by atoms with E-state index in [9.17, 15) is 4.79 Å². The third-order valence-corrected chi connectivity index (χ3v) is 3.92. The van der Waals surface area contributed by atoms with Crippen LogP contribution in [-0.2, 0) is 4.79 Å². The summed E-state index contributed by atoms with van der Waals surface area (Å²) >= 11 is 5.79. The van der Waals surface area contributed by atoms with Gasteiger partial charge < -0.3 is 4.74 Å². The maximum Gasteiger partial charge on any atom is 0.173 e. The summed E-state index contributed by atoms with van der Waals surface area (Å²) in [6, 6.07) is 7.12. The molecule has 98 valence electrons.